The number of anilines is 1. The Morgan fingerprint density at radius 2 is 1.88 bits per heavy atom. The standard InChI is InChI=1S/C21H20N2O3/c1-14-5-4-6-16-17(11-12-22-21(14)16)23-20(24)10-8-15-7-9-18(25-2)19(13-15)26-3/h4-13H,1-3H3,(H,22,23,24)/b10-8+. The van der Waals surface area contributed by atoms with Gasteiger partial charge in [0.1, 0.15) is 0 Å². The average molecular weight is 348 g/mol. The molecule has 1 amide bonds. The molecule has 2 aromatic carbocycles. The van der Waals surface area contributed by atoms with Crippen LogP contribution in [0.25, 0.3) is 17.0 Å². The fourth-order valence-electron chi connectivity index (χ4n) is 2.74. The van der Waals surface area contributed by atoms with Crippen molar-refractivity contribution in [3.05, 3.63) is 65.9 Å². The molecule has 0 saturated carbocycles. The number of aromatic nitrogens is 1. The summed E-state index contributed by atoms with van der Waals surface area (Å²) in [6.07, 6.45) is 4.91. The maximum absolute atomic E-state index is 12.3. The molecule has 0 radical (unpaired) electrons. The van der Waals surface area contributed by atoms with Crippen molar-refractivity contribution in [3.63, 3.8) is 0 Å². The summed E-state index contributed by atoms with van der Waals surface area (Å²) in [5, 5.41) is 3.83. The van der Waals surface area contributed by atoms with E-state index >= 15 is 0 Å². The van der Waals surface area contributed by atoms with Crippen LogP contribution in [0.2, 0.25) is 0 Å². The van der Waals surface area contributed by atoms with Crippen LogP contribution in [0.5, 0.6) is 11.5 Å². The third kappa shape index (κ3) is 3.67. The number of para-hydroxylation sites is 1. The molecule has 1 aromatic heterocycles. The molecule has 3 aromatic rings. The van der Waals surface area contributed by atoms with Crippen molar-refractivity contribution < 1.29 is 14.3 Å². The number of methoxy groups -OCH3 is 2. The Balaban J connectivity index is 1.79. The van der Waals surface area contributed by atoms with Gasteiger partial charge in [-0.1, -0.05) is 24.3 Å². The van der Waals surface area contributed by atoms with Crippen molar-refractivity contribution in [2.45, 2.75) is 6.92 Å². The molecule has 0 unspecified atom stereocenters. The Labute approximate surface area is 152 Å². The van der Waals surface area contributed by atoms with Crippen LogP contribution in [-0.2, 0) is 4.79 Å². The van der Waals surface area contributed by atoms with Gasteiger partial charge in [-0.3, -0.25) is 9.78 Å². The van der Waals surface area contributed by atoms with Crippen LogP contribution in [0, 0.1) is 6.92 Å². The van der Waals surface area contributed by atoms with E-state index in [2.05, 4.69) is 10.3 Å². The molecule has 1 heterocycles. The Kier molecular flexibility index (Phi) is 5.17. The van der Waals surface area contributed by atoms with Crippen LogP contribution in [-0.4, -0.2) is 25.1 Å². The fraction of sp³-hybridized carbons (Fsp3) is 0.143. The van der Waals surface area contributed by atoms with Crippen LogP contribution in [0.1, 0.15) is 11.1 Å². The summed E-state index contributed by atoms with van der Waals surface area (Å²) in [7, 11) is 3.16. The highest BCUT2D eigenvalue weighted by atomic mass is 16.5. The van der Waals surface area contributed by atoms with Crippen molar-refractivity contribution in [3.8, 4) is 11.5 Å². The molecule has 0 aliphatic rings. The summed E-state index contributed by atoms with van der Waals surface area (Å²) in [5.74, 6) is 1.05. The van der Waals surface area contributed by atoms with Crippen molar-refractivity contribution in [1.82, 2.24) is 4.98 Å². The zero-order chi connectivity index (χ0) is 18.5. The van der Waals surface area contributed by atoms with Crippen LogP contribution >= 0.6 is 0 Å². The number of aryl methyl sites for hydroxylation is 1. The second-order valence-electron chi connectivity index (χ2n) is 5.77. The van der Waals surface area contributed by atoms with E-state index in [1.54, 1.807) is 38.6 Å². The van der Waals surface area contributed by atoms with E-state index in [4.69, 9.17) is 9.47 Å². The third-order valence-electron chi connectivity index (χ3n) is 4.07. The SMILES string of the molecule is COc1ccc(/C=C/C(=O)Nc2ccnc3c(C)cccc23)cc1OC. The lowest BCUT2D eigenvalue weighted by atomic mass is 10.1. The molecule has 3 rings (SSSR count). The van der Waals surface area contributed by atoms with Crippen molar-refractivity contribution >= 4 is 28.6 Å². The molecule has 0 fully saturated rings. The first-order chi connectivity index (χ1) is 12.6. The number of hydrogen-bond acceptors (Lipinski definition) is 4. The van der Waals surface area contributed by atoms with Gasteiger partial charge in [0.2, 0.25) is 5.91 Å². The molecule has 132 valence electrons. The number of benzene rings is 2. The molecule has 0 aliphatic carbocycles. The lowest BCUT2D eigenvalue weighted by Crippen LogP contribution is -2.08. The fourth-order valence-corrected chi connectivity index (χ4v) is 2.74. The molecule has 0 atom stereocenters. The monoisotopic (exact) mass is 348 g/mol. The van der Waals surface area contributed by atoms with Crippen LogP contribution in [0.3, 0.4) is 0 Å². The summed E-state index contributed by atoms with van der Waals surface area (Å²) < 4.78 is 10.5. The highest BCUT2D eigenvalue weighted by Gasteiger charge is 2.06. The molecule has 1 N–H and O–H groups in total. The van der Waals surface area contributed by atoms with Gasteiger partial charge in [-0.05, 0) is 42.3 Å². The minimum absolute atomic E-state index is 0.214. The minimum atomic E-state index is -0.214. The molecule has 0 saturated heterocycles. The van der Waals surface area contributed by atoms with Gasteiger partial charge >= 0.3 is 0 Å². The van der Waals surface area contributed by atoms with Crippen molar-refractivity contribution in [2.75, 3.05) is 19.5 Å². The number of nitrogens with zero attached hydrogens (tertiary/aromatic N) is 1. The quantitative estimate of drug-likeness (QED) is 0.702. The van der Waals surface area contributed by atoms with E-state index in [1.165, 1.54) is 6.08 Å². The number of rotatable bonds is 5. The first-order valence-electron chi connectivity index (χ1n) is 8.18. The smallest absolute Gasteiger partial charge is 0.248 e. The maximum atomic E-state index is 12.3. The van der Waals surface area contributed by atoms with Gasteiger partial charge in [0, 0.05) is 17.7 Å². The van der Waals surface area contributed by atoms with Gasteiger partial charge in [-0.25, -0.2) is 0 Å². The molecule has 0 bridgehead atoms. The lowest BCUT2D eigenvalue weighted by molar-refractivity contribution is -0.111. The molecule has 26 heavy (non-hydrogen) atoms. The summed E-state index contributed by atoms with van der Waals surface area (Å²) in [6.45, 7) is 2.00. The Hall–Kier alpha value is -3.34. The number of hydrogen-bond donors (Lipinski definition) is 1. The van der Waals surface area contributed by atoms with E-state index < -0.39 is 0 Å². The maximum Gasteiger partial charge on any atom is 0.248 e. The summed E-state index contributed by atoms with van der Waals surface area (Å²) in [5.41, 5.74) is 3.53. The highest BCUT2D eigenvalue weighted by molar-refractivity contribution is 6.07. The molecular formula is C21H20N2O3. The molecule has 5 nitrogen and oxygen atoms in total. The first kappa shape index (κ1) is 17.5. The normalized spacial score (nSPS) is 10.9. The van der Waals surface area contributed by atoms with Gasteiger partial charge in [-0.15, -0.1) is 0 Å². The van der Waals surface area contributed by atoms with Crippen molar-refractivity contribution in [1.29, 1.82) is 0 Å². The molecular weight excluding hydrogens is 328 g/mol. The highest BCUT2D eigenvalue weighted by Crippen LogP contribution is 2.28. The second-order valence-corrected chi connectivity index (χ2v) is 5.77. The number of amides is 1. The Morgan fingerprint density at radius 3 is 2.65 bits per heavy atom. The van der Waals surface area contributed by atoms with E-state index in [0.29, 0.717) is 11.5 Å². The molecule has 0 aliphatic heterocycles. The summed E-state index contributed by atoms with van der Waals surface area (Å²) in [4.78, 5) is 16.7. The van der Waals surface area contributed by atoms with Crippen LogP contribution in [0.15, 0.2) is 54.7 Å². The van der Waals surface area contributed by atoms with Crippen molar-refractivity contribution in [2.24, 2.45) is 0 Å². The summed E-state index contributed by atoms with van der Waals surface area (Å²) in [6, 6.07) is 13.2. The second kappa shape index (κ2) is 7.70. The van der Waals surface area contributed by atoms with E-state index in [1.807, 2.05) is 37.3 Å². The average Bonchev–Trinajstić information content (AvgIpc) is 2.67. The number of nitrogens with one attached hydrogen (secondary N) is 1. The van der Waals surface area contributed by atoms with E-state index in [9.17, 15) is 4.79 Å². The third-order valence-corrected chi connectivity index (χ3v) is 4.07. The zero-order valence-corrected chi connectivity index (χ0v) is 14.9. The largest absolute Gasteiger partial charge is 0.493 e. The number of carbonyl (C=O) groups excluding carboxylic acids is 1. The Morgan fingerprint density at radius 1 is 1.08 bits per heavy atom. The van der Waals surface area contributed by atoms with E-state index in [-0.39, 0.29) is 5.91 Å². The van der Waals surface area contributed by atoms with Crippen LogP contribution in [0.4, 0.5) is 5.69 Å². The number of pyridine rings is 1. The molecule has 0 spiro atoms. The molecule has 5 heteroatoms. The van der Waals surface area contributed by atoms with Gasteiger partial charge in [-0.2, -0.15) is 0 Å². The number of fused-ring (bicyclic) bond motifs is 1. The Bertz CT molecular complexity index is 980. The predicted octanol–water partition coefficient (Wildman–Crippen LogP) is 4.21. The first-order valence-corrected chi connectivity index (χ1v) is 8.18. The minimum Gasteiger partial charge on any atom is -0.493 e. The van der Waals surface area contributed by atoms with Gasteiger partial charge in [0.15, 0.2) is 11.5 Å². The van der Waals surface area contributed by atoms with Gasteiger partial charge in [0.05, 0.1) is 25.4 Å². The predicted molar refractivity (Wildman–Crippen MR) is 104 cm³/mol. The lowest BCUT2D eigenvalue weighted by Gasteiger charge is -2.08. The number of ether oxygens (including phenoxy) is 2. The van der Waals surface area contributed by atoms with Gasteiger partial charge < -0.3 is 14.8 Å². The topological polar surface area (TPSA) is 60.5 Å². The number of carbonyl (C=O) groups is 1. The van der Waals surface area contributed by atoms with E-state index in [0.717, 1.165) is 27.7 Å². The summed E-state index contributed by atoms with van der Waals surface area (Å²) >= 11 is 0. The zero-order valence-electron chi connectivity index (χ0n) is 14.9. The van der Waals surface area contributed by atoms with Crippen LogP contribution < -0.4 is 14.8 Å². The van der Waals surface area contributed by atoms with Gasteiger partial charge in [0.25, 0.3) is 0 Å².